The fourth-order valence-electron chi connectivity index (χ4n) is 0.642. The standard InChI is InChI=1S/C7H6F2S/c1-4-2-7(10)6(9)3-5(4)8/h2-3,10H,1H3. The third-order valence-electron chi connectivity index (χ3n) is 1.23. The zero-order chi connectivity index (χ0) is 7.72. The largest absolute Gasteiger partial charge is 0.207 e. The second-order valence-electron chi connectivity index (χ2n) is 2.05. The van der Waals surface area contributed by atoms with Crippen LogP contribution in [0.25, 0.3) is 0 Å². The molecule has 0 aliphatic rings. The monoisotopic (exact) mass is 160 g/mol. The van der Waals surface area contributed by atoms with Crippen molar-refractivity contribution in [2.24, 2.45) is 0 Å². The van der Waals surface area contributed by atoms with E-state index in [1.165, 1.54) is 6.07 Å². The van der Waals surface area contributed by atoms with Gasteiger partial charge in [0.15, 0.2) is 0 Å². The van der Waals surface area contributed by atoms with Gasteiger partial charge in [0.25, 0.3) is 0 Å². The molecule has 0 nitrogen and oxygen atoms in total. The Bertz CT molecular complexity index is 208. The molecule has 1 aromatic rings. The quantitative estimate of drug-likeness (QED) is 0.554. The molecule has 1 aromatic carbocycles. The number of halogens is 2. The van der Waals surface area contributed by atoms with Crippen LogP contribution in [0, 0.1) is 18.6 Å². The summed E-state index contributed by atoms with van der Waals surface area (Å²) in [6.07, 6.45) is 0. The van der Waals surface area contributed by atoms with Crippen LogP contribution in [0.3, 0.4) is 0 Å². The summed E-state index contributed by atoms with van der Waals surface area (Å²) in [7, 11) is 0. The van der Waals surface area contributed by atoms with Crippen molar-refractivity contribution in [3.05, 3.63) is 29.3 Å². The zero-order valence-corrected chi connectivity index (χ0v) is 6.25. The lowest BCUT2D eigenvalue weighted by atomic mass is 10.2. The van der Waals surface area contributed by atoms with Crippen molar-refractivity contribution in [2.45, 2.75) is 11.8 Å². The minimum absolute atomic E-state index is 0.180. The predicted molar refractivity (Wildman–Crippen MR) is 38.3 cm³/mol. The third-order valence-corrected chi connectivity index (χ3v) is 1.57. The van der Waals surface area contributed by atoms with E-state index in [2.05, 4.69) is 12.6 Å². The van der Waals surface area contributed by atoms with Gasteiger partial charge in [-0.1, -0.05) is 0 Å². The lowest BCUT2D eigenvalue weighted by Crippen LogP contribution is -1.85. The van der Waals surface area contributed by atoms with Crippen molar-refractivity contribution in [1.82, 2.24) is 0 Å². The molecule has 0 saturated carbocycles. The molecule has 1 rings (SSSR count). The van der Waals surface area contributed by atoms with Crippen LogP contribution in [0.1, 0.15) is 5.56 Å². The van der Waals surface area contributed by atoms with Crippen molar-refractivity contribution in [1.29, 1.82) is 0 Å². The van der Waals surface area contributed by atoms with E-state index >= 15 is 0 Å². The first-order chi connectivity index (χ1) is 4.61. The Morgan fingerprint density at radius 2 is 1.80 bits per heavy atom. The molecule has 10 heavy (non-hydrogen) atoms. The van der Waals surface area contributed by atoms with Gasteiger partial charge in [0.2, 0.25) is 0 Å². The van der Waals surface area contributed by atoms with Crippen LogP contribution in [0.15, 0.2) is 17.0 Å². The molecule has 0 saturated heterocycles. The zero-order valence-electron chi connectivity index (χ0n) is 5.36. The minimum atomic E-state index is -0.619. The Morgan fingerprint density at radius 1 is 1.20 bits per heavy atom. The van der Waals surface area contributed by atoms with Crippen molar-refractivity contribution in [3.8, 4) is 0 Å². The number of thiol groups is 1. The first kappa shape index (κ1) is 7.54. The summed E-state index contributed by atoms with van der Waals surface area (Å²) < 4.78 is 24.9. The molecule has 0 spiro atoms. The summed E-state index contributed by atoms with van der Waals surface area (Å²) in [6, 6.07) is 2.19. The lowest BCUT2D eigenvalue weighted by Gasteiger charge is -1.97. The molecule has 0 atom stereocenters. The normalized spacial score (nSPS) is 10.0. The van der Waals surface area contributed by atoms with Gasteiger partial charge in [0, 0.05) is 11.0 Å². The van der Waals surface area contributed by atoms with Crippen molar-refractivity contribution in [3.63, 3.8) is 0 Å². The molecule has 0 bridgehead atoms. The Morgan fingerprint density at radius 3 is 2.30 bits per heavy atom. The fourth-order valence-corrected chi connectivity index (χ4v) is 0.900. The molecule has 0 fully saturated rings. The van der Waals surface area contributed by atoms with Crippen molar-refractivity contribution >= 4 is 12.6 Å². The summed E-state index contributed by atoms with van der Waals surface area (Å²) in [5.41, 5.74) is 0.409. The van der Waals surface area contributed by atoms with Crippen LogP contribution in [0.5, 0.6) is 0 Å². The van der Waals surface area contributed by atoms with Gasteiger partial charge in [-0.25, -0.2) is 8.78 Å². The molecule has 54 valence electrons. The first-order valence-electron chi connectivity index (χ1n) is 2.76. The van der Waals surface area contributed by atoms with Crippen LogP contribution >= 0.6 is 12.6 Å². The van der Waals surface area contributed by atoms with Gasteiger partial charge in [-0.15, -0.1) is 12.6 Å². The first-order valence-corrected chi connectivity index (χ1v) is 3.20. The highest BCUT2D eigenvalue weighted by Gasteiger charge is 2.02. The van der Waals surface area contributed by atoms with Gasteiger partial charge in [0.1, 0.15) is 11.6 Å². The van der Waals surface area contributed by atoms with Crippen LogP contribution in [0.4, 0.5) is 8.78 Å². The van der Waals surface area contributed by atoms with E-state index in [0.29, 0.717) is 5.56 Å². The number of benzene rings is 1. The van der Waals surface area contributed by atoms with E-state index in [1.54, 1.807) is 6.92 Å². The number of rotatable bonds is 0. The minimum Gasteiger partial charge on any atom is -0.207 e. The highest BCUT2D eigenvalue weighted by molar-refractivity contribution is 7.80. The number of aryl methyl sites for hydroxylation is 1. The second-order valence-corrected chi connectivity index (χ2v) is 2.53. The van der Waals surface area contributed by atoms with Gasteiger partial charge >= 0.3 is 0 Å². The molecule has 0 aliphatic carbocycles. The van der Waals surface area contributed by atoms with Gasteiger partial charge in [-0.2, -0.15) is 0 Å². The van der Waals surface area contributed by atoms with E-state index in [0.717, 1.165) is 6.07 Å². The molecule has 0 radical (unpaired) electrons. The van der Waals surface area contributed by atoms with E-state index in [-0.39, 0.29) is 4.90 Å². The molecular weight excluding hydrogens is 154 g/mol. The number of hydrogen-bond acceptors (Lipinski definition) is 1. The highest BCUT2D eigenvalue weighted by Crippen LogP contribution is 2.16. The Labute approximate surface area is 63.3 Å². The molecule has 0 heterocycles. The Kier molecular flexibility index (Phi) is 1.94. The maximum Gasteiger partial charge on any atom is 0.139 e. The predicted octanol–water partition coefficient (Wildman–Crippen LogP) is 2.56. The molecule has 0 unspecified atom stereocenters. The van der Waals surface area contributed by atoms with Gasteiger partial charge in [-0.3, -0.25) is 0 Å². The summed E-state index contributed by atoms with van der Waals surface area (Å²) in [5, 5.41) is 0. The molecule has 0 aromatic heterocycles. The average molecular weight is 160 g/mol. The van der Waals surface area contributed by atoms with Crippen molar-refractivity contribution < 1.29 is 8.78 Å². The summed E-state index contributed by atoms with van der Waals surface area (Å²) >= 11 is 3.77. The molecule has 0 aliphatic heterocycles. The smallest absolute Gasteiger partial charge is 0.139 e. The lowest BCUT2D eigenvalue weighted by molar-refractivity contribution is 0.561. The van der Waals surface area contributed by atoms with E-state index in [9.17, 15) is 8.78 Å². The molecule has 3 heteroatoms. The number of hydrogen-bond donors (Lipinski definition) is 1. The summed E-state index contributed by atoms with van der Waals surface area (Å²) in [5.74, 6) is -1.15. The maximum absolute atomic E-state index is 12.5. The SMILES string of the molecule is Cc1cc(S)c(F)cc1F. The summed E-state index contributed by atoms with van der Waals surface area (Å²) in [4.78, 5) is 0.180. The topological polar surface area (TPSA) is 0 Å². The van der Waals surface area contributed by atoms with Crippen LogP contribution in [-0.2, 0) is 0 Å². The van der Waals surface area contributed by atoms with Crippen LogP contribution < -0.4 is 0 Å². The molecule has 0 amide bonds. The van der Waals surface area contributed by atoms with Crippen LogP contribution in [0.2, 0.25) is 0 Å². The van der Waals surface area contributed by atoms with E-state index in [4.69, 9.17) is 0 Å². The molecular formula is C7H6F2S. The third kappa shape index (κ3) is 1.29. The maximum atomic E-state index is 12.5. The van der Waals surface area contributed by atoms with Gasteiger partial charge in [0.05, 0.1) is 0 Å². The van der Waals surface area contributed by atoms with Gasteiger partial charge < -0.3 is 0 Å². The highest BCUT2D eigenvalue weighted by atomic mass is 32.1. The Balaban J connectivity index is 3.28. The van der Waals surface area contributed by atoms with Crippen LogP contribution in [-0.4, -0.2) is 0 Å². The van der Waals surface area contributed by atoms with E-state index < -0.39 is 11.6 Å². The second kappa shape index (κ2) is 2.58. The fraction of sp³-hybridized carbons (Fsp3) is 0.143. The molecule has 0 N–H and O–H groups in total. The average Bonchev–Trinajstić information content (AvgIpc) is 1.84. The van der Waals surface area contributed by atoms with E-state index in [1.807, 2.05) is 0 Å². The summed E-state index contributed by atoms with van der Waals surface area (Å²) in [6.45, 7) is 1.56. The van der Waals surface area contributed by atoms with Crippen molar-refractivity contribution in [2.75, 3.05) is 0 Å². The Hall–Kier alpha value is -0.570. The van der Waals surface area contributed by atoms with Gasteiger partial charge in [-0.05, 0) is 18.6 Å².